The number of amides is 3. The third kappa shape index (κ3) is 5.40. The highest BCUT2D eigenvalue weighted by atomic mass is 32.2. The van der Waals surface area contributed by atoms with Gasteiger partial charge in [-0.3, -0.25) is 14.4 Å². The van der Waals surface area contributed by atoms with Crippen molar-refractivity contribution in [3.05, 3.63) is 107 Å². The fraction of sp³-hybridized carbons (Fsp3) is 0.0690. The van der Waals surface area contributed by atoms with E-state index in [9.17, 15) is 18.8 Å². The molecule has 1 aliphatic rings. The summed E-state index contributed by atoms with van der Waals surface area (Å²) in [5.41, 5.74) is 1.21. The molecule has 2 N–H and O–H groups in total. The summed E-state index contributed by atoms with van der Waals surface area (Å²) in [6.07, 6.45) is 1.41. The summed E-state index contributed by atoms with van der Waals surface area (Å²) in [4.78, 5) is 41.2. The lowest BCUT2D eigenvalue weighted by Gasteiger charge is -2.16. The molecular weight excluding hydrogens is 537 g/mol. The minimum Gasteiger partial charge on any atom is -0.497 e. The SMILES string of the molecule is COc1ccc(NC2=C(Sc3ccc(NC(=O)c4ccco4)cc3)C(=O)N(c3ccc(F)cc3)C2=O)c(OC)c1. The first kappa shape index (κ1) is 26.6. The van der Waals surface area contributed by atoms with Crippen LogP contribution in [0.2, 0.25) is 0 Å². The van der Waals surface area contributed by atoms with E-state index in [1.165, 1.54) is 44.7 Å². The van der Waals surface area contributed by atoms with Gasteiger partial charge in [-0.1, -0.05) is 11.8 Å². The monoisotopic (exact) mass is 559 g/mol. The molecule has 40 heavy (non-hydrogen) atoms. The van der Waals surface area contributed by atoms with Crippen molar-refractivity contribution in [2.45, 2.75) is 4.90 Å². The van der Waals surface area contributed by atoms with Crippen molar-refractivity contribution in [1.82, 2.24) is 0 Å². The normalized spacial score (nSPS) is 13.0. The Morgan fingerprint density at radius 1 is 0.925 bits per heavy atom. The number of imide groups is 1. The van der Waals surface area contributed by atoms with Gasteiger partial charge in [-0.05, 0) is 72.8 Å². The first-order valence-corrected chi connectivity index (χ1v) is 12.7. The van der Waals surface area contributed by atoms with Crippen molar-refractivity contribution in [1.29, 1.82) is 0 Å². The second-order valence-corrected chi connectivity index (χ2v) is 9.46. The molecule has 0 unspecified atom stereocenters. The number of hydrogen-bond donors (Lipinski definition) is 2. The molecule has 0 saturated heterocycles. The highest BCUT2D eigenvalue weighted by Crippen LogP contribution is 2.40. The average molecular weight is 560 g/mol. The number of nitrogens with one attached hydrogen (secondary N) is 2. The lowest BCUT2D eigenvalue weighted by molar-refractivity contribution is -0.120. The van der Waals surface area contributed by atoms with Crippen LogP contribution >= 0.6 is 11.8 Å². The molecule has 4 aromatic rings. The number of benzene rings is 3. The Balaban J connectivity index is 1.46. The average Bonchev–Trinajstić information content (AvgIpc) is 3.59. The van der Waals surface area contributed by atoms with Crippen LogP contribution in [-0.4, -0.2) is 31.9 Å². The fourth-order valence-electron chi connectivity index (χ4n) is 3.90. The van der Waals surface area contributed by atoms with Crippen LogP contribution in [0.1, 0.15) is 10.6 Å². The van der Waals surface area contributed by atoms with E-state index in [0.717, 1.165) is 16.7 Å². The first-order valence-electron chi connectivity index (χ1n) is 11.9. The summed E-state index contributed by atoms with van der Waals surface area (Å²) in [5, 5.41) is 5.78. The molecule has 0 bridgehead atoms. The number of rotatable bonds is 9. The van der Waals surface area contributed by atoms with Crippen LogP contribution in [0.5, 0.6) is 11.5 Å². The van der Waals surface area contributed by atoms with Gasteiger partial charge in [-0.2, -0.15) is 0 Å². The van der Waals surface area contributed by atoms with E-state index in [0.29, 0.717) is 27.8 Å². The number of anilines is 3. The van der Waals surface area contributed by atoms with E-state index in [4.69, 9.17) is 13.9 Å². The smallest absolute Gasteiger partial charge is 0.291 e. The van der Waals surface area contributed by atoms with E-state index < -0.39 is 23.5 Å². The molecule has 0 radical (unpaired) electrons. The molecule has 0 fully saturated rings. The molecule has 0 atom stereocenters. The second-order valence-electron chi connectivity index (χ2n) is 8.38. The number of halogens is 1. The van der Waals surface area contributed by atoms with Gasteiger partial charge in [0.2, 0.25) is 0 Å². The molecule has 3 amide bonds. The van der Waals surface area contributed by atoms with Crippen LogP contribution in [0.25, 0.3) is 0 Å². The zero-order chi connectivity index (χ0) is 28.2. The summed E-state index contributed by atoms with van der Waals surface area (Å²) >= 11 is 1.07. The van der Waals surface area contributed by atoms with E-state index in [1.54, 1.807) is 54.6 Å². The molecule has 3 aromatic carbocycles. The van der Waals surface area contributed by atoms with E-state index in [2.05, 4.69) is 10.6 Å². The molecule has 2 heterocycles. The summed E-state index contributed by atoms with van der Waals surface area (Å²) in [6, 6.07) is 20.0. The summed E-state index contributed by atoms with van der Waals surface area (Å²) < 4.78 is 29.4. The lowest BCUT2D eigenvalue weighted by Crippen LogP contribution is -2.32. The zero-order valence-electron chi connectivity index (χ0n) is 21.3. The Labute approximate surface area is 232 Å². The largest absolute Gasteiger partial charge is 0.497 e. The van der Waals surface area contributed by atoms with Gasteiger partial charge in [-0.25, -0.2) is 9.29 Å². The van der Waals surface area contributed by atoms with Crippen LogP contribution in [0.15, 0.2) is 105 Å². The maximum Gasteiger partial charge on any atom is 0.291 e. The summed E-state index contributed by atoms with van der Waals surface area (Å²) in [6.45, 7) is 0. The molecule has 0 spiro atoms. The van der Waals surface area contributed by atoms with Gasteiger partial charge in [0.05, 0.1) is 31.9 Å². The van der Waals surface area contributed by atoms with Crippen molar-refractivity contribution in [2.24, 2.45) is 0 Å². The number of methoxy groups -OCH3 is 2. The predicted molar refractivity (Wildman–Crippen MR) is 148 cm³/mol. The van der Waals surface area contributed by atoms with Gasteiger partial charge in [-0.15, -0.1) is 0 Å². The van der Waals surface area contributed by atoms with E-state index >= 15 is 0 Å². The van der Waals surface area contributed by atoms with Crippen molar-refractivity contribution in [2.75, 3.05) is 29.8 Å². The summed E-state index contributed by atoms with van der Waals surface area (Å²) in [5.74, 6) is -0.971. The third-order valence-electron chi connectivity index (χ3n) is 5.87. The van der Waals surface area contributed by atoms with E-state index in [1.807, 2.05) is 0 Å². The summed E-state index contributed by atoms with van der Waals surface area (Å²) in [7, 11) is 3.00. The van der Waals surface area contributed by atoms with Gasteiger partial charge >= 0.3 is 0 Å². The number of furan rings is 1. The van der Waals surface area contributed by atoms with Crippen molar-refractivity contribution < 1.29 is 32.7 Å². The second kappa shape index (κ2) is 11.4. The maximum atomic E-state index is 13.6. The highest BCUT2D eigenvalue weighted by molar-refractivity contribution is 8.04. The highest BCUT2D eigenvalue weighted by Gasteiger charge is 2.40. The maximum absolute atomic E-state index is 13.6. The van der Waals surface area contributed by atoms with Gasteiger partial charge in [0.1, 0.15) is 27.9 Å². The Morgan fingerprint density at radius 3 is 2.33 bits per heavy atom. The number of hydrogen-bond acceptors (Lipinski definition) is 8. The van der Waals surface area contributed by atoms with E-state index in [-0.39, 0.29) is 22.0 Å². The number of carbonyl (C=O) groups is 3. The van der Waals surface area contributed by atoms with Crippen LogP contribution in [0.4, 0.5) is 21.5 Å². The number of carbonyl (C=O) groups excluding carboxylic acids is 3. The molecule has 0 aliphatic carbocycles. The molecule has 0 saturated carbocycles. The predicted octanol–water partition coefficient (Wildman–Crippen LogP) is 5.68. The van der Waals surface area contributed by atoms with Crippen LogP contribution in [-0.2, 0) is 9.59 Å². The van der Waals surface area contributed by atoms with Gasteiger partial charge < -0.3 is 24.5 Å². The molecule has 5 rings (SSSR count). The molecular formula is C29H22FN3O6S. The molecule has 9 nitrogen and oxygen atoms in total. The van der Waals surface area contributed by atoms with Crippen molar-refractivity contribution in [3.8, 4) is 11.5 Å². The lowest BCUT2D eigenvalue weighted by atomic mass is 10.2. The molecule has 1 aromatic heterocycles. The number of nitrogens with zero attached hydrogens (tertiary/aromatic N) is 1. The Bertz CT molecular complexity index is 1600. The zero-order valence-corrected chi connectivity index (χ0v) is 22.1. The number of thioether (sulfide) groups is 1. The minimum absolute atomic E-state index is 0.0259. The molecule has 202 valence electrons. The van der Waals surface area contributed by atoms with Gasteiger partial charge in [0.25, 0.3) is 17.7 Å². The molecule has 11 heteroatoms. The Morgan fingerprint density at radius 2 is 1.68 bits per heavy atom. The minimum atomic E-state index is -0.612. The standard InChI is InChI=1S/C29H22FN3O6S/c1-37-20-11-14-22(24(16-20)38-2)32-25-26(29(36)33(28(25)35)19-9-5-17(30)6-10-19)40-21-12-7-18(8-13-21)31-27(34)23-4-3-15-39-23/h3-16,32H,1-2H3,(H,31,34). The topological polar surface area (TPSA) is 110 Å². The van der Waals surface area contributed by atoms with Crippen molar-refractivity contribution in [3.63, 3.8) is 0 Å². The van der Waals surface area contributed by atoms with Crippen LogP contribution in [0, 0.1) is 5.82 Å². The Kier molecular flexibility index (Phi) is 7.56. The molecule has 1 aliphatic heterocycles. The fourth-order valence-corrected chi connectivity index (χ4v) is 4.83. The number of ether oxygens (including phenoxy) is 2. The van der Waals surface area contributed by atoms with Crippen molar-refractivity contribution >= 4 is 46.5 Å². The Hall–Kier alpha value is -5.03. The van der Waals surface area contributed by atoms with Gasteiger partial charge in [0, 0.05) is 16.6 Å². The first-order chi connectivity index (χ1) is 19.4. The van der Waals surface area contributed by atoms with Gasteiger partial charge in [0.15, 0.2) is 5.76 Å². The van der Waals surface area contributed by atoms with Crippen LogP contribution < -0.4 is 25.0 Å². The quantitative estimate of drug-likeness (QED) is 0.252. The third-order valence-corrected chi connectivity index (χ3v) is 6.96. The van der Waals surface area contributed by atoms with Crippen LogP contribution in [0.3, 0.4) is 0 Å².